The molecular weight excluding hydrogens is 339 g/mol. The van der Waals surface area contributed by atoms with Gasteiger partial charge >= 0.3 is 0 Å². The Kier molecular flexibility index (Phi) is 4.42. The Labute approximate surface area is 148 Å². The molecule has 132 valence electrons. The van der Waals surface area contributed by atoms with Gasteiger partial charge in [0.2, 0.25) is 0 Å². The van der Waals surface area contributed by atoms with Crippen LogP contribution in [0.3, 0.4) is 0 Å². The molecule has 1 unspecified atom stereocenters. The van der Waals surface area contributed by atoms with Crippen LogP contribution in [-0.2, 0) is 9.47 Å². The normalized spacial score (nSPS) is 16.1. The first-order valence-corrected chi connectivity index (χ1v) is 8.10. The van der Waals surface area contributed by atoms with Crippen LogP contribution in [0.1, 0.15) is 29.1 Å². The number of halogens is 1. The molecule has 1 N–H and O–H groups in total. The molecule has 1 saturated heterocycles. The van der Waals surface area contributed by atoms with Crippen molar-refractivity contribution in [3.63, 3.8) is 0 Å². The van der Waals surface area contributed by atoms with Crippen LogP contribution in [0.15, 0.2) is 53.8 Å². The van der Waals surface area contributed by atoms with Crippen molar-refractivity contribution in [2.45, 2.75) is 12.4 Å². The lowest BCUT2D eigenvalue weighted by atomic mass is 9.96. The highest BCUT2D eigenvalue weighted by molar-refractivity contribution is 5.90. The number of ether oxygens (including phenoxy) is 2. The molecule has 3 aromatic rings. The van der Waals surface area contributed by atoms with Crippen molar-refractivity contribution in [1.82, 2.24) is 4.98 Å². The zero-order valence-electron chi connectivity index (χ0n) is 13.6. The zero-order valence-corrected chi connectivity index (χ0v) is 13.6. The number of aliphatic hydroxyl groups excluding tert-OH is 1. The number of fused-ring (bicyclic) bond motifs is 1. The monoisotopic (exact) mass is 354 g/mol. The molecule has 0 amide bonds. The summed E-state index contributed by atoms with van der Waals surface area (Å²) in [4.78, 5) is 15.6. The highest BCUT2D eigenvalue weighted by Crippen LogP contribution is 2.36. The van der Waals surface area contributed by atoms with Crippen LogP contribution in [0.5, 0.6) is 0 Å². The van der Waals surface area contributed by atoms with E-state index < -0.39 is 18.2 Å². The van der Waals surface area contributed by atoms with E-state index in [1.54, 1.807) is 30.5 Å². The molecule has 6 nitrogen and oxygen atoms in total. The molecule has 0 spiro atoms. The number of pyridine rings is 1. The maximum Gasteiger partial charge on any atom is 0.186 e. The van der Waals surface area contributed by atoms with E-state index in [0.29, 0.717) is 29.9 Å². The summed E-state index contributed by atoms with van der Waals surface area (Å²) in [7, 11) is 0. The quantitative estimate of drug-likeness (QED) is 0.719. The van der Waals surface area contributed by atoms with Crippen LogP contribution < -0.4 is 0 Å². The van der Waals surface area contributed by atoms with E-state index in [2.05, 4.69) is 10.2 Å². The largest absolute Gasteiger partial charge is 0.384 e. The second kappa shape index (κ2) is 6.87. The molecule has 1 aliphatic heterocycles. The van der Waals surface area contributed by atoms with Crippen molar-refractivity contribution in [2.24, 2.45) is 5.18 Å². The second-order valence-electron chi connectivity index (χ2n) is 5.93. The Morgan fingerprint density at radius 1 is 1.19 bits per heavy atom. The van der Waals surface area contributed by atoms with E-state index in [1.807, 2.05) is 0 Å². The molecule has 2 heterocycles. The Hall–Kier alpha value is -2.74. The second-order valence-corrected chi connectivity index (χ2v) is 5.93. The fraction of sp³-hybridized carbons (Fsp3) is 0.211. The smallest absolute Gasteiger partial charge is 0.186 e. The van der Waals surface area contributed by atoms with Crippen molar-refractivity contribution in [1.29, 1.82) is 0 Å². The predicted molar refractivity (Wildman–Crippen MR) is 92.3 cm³/mol. The third kappa shape index (κ3) is 2.86. The highest BCUT2D eigenvalue weighted by atomic mass is 19.1. The molecule has 1 aliphatic rings. The maximum atomic E-state index is 14.1. The molecule has 0 radical (unpaired) electrons. The van der Waals surface area contributed by atoms with Gasteiger partial charge in [-0.05, 0) is 28.9 Å². The van der Waals surface area contributed by atoms with Crippen LogP contribution in [0.25, 0.3) is 10.9 Å². The van der Waals surface area contributed by atoms with E-state index >= 15 is 0 Å². The minimum Gasteiger partial charge on any atom is -0.384 e. The lowest BCUT2D eigenvalue weighted by Gasteiger charge is -2.17. The lowest BCUT2D eigenvalue weighted by Crippen LogP contribution is -2.06. The number of hydrogen-bond acceptors (Lipinski definition) is 6. The number of hydrogen-bond donors (Lipinski definition) is 1. The third-order valence-corrected chi connectivity index (χ3v) is 4.38. The average molecular weight is 354 g/mol. The van der Waals surface area contributed by atoms with Gasteiger partial charge in [0, 0.05) is 22.7 Å². The van der Waals surface area contributed by atoms with Crippen LogP contribution in [0.4, 0.5) is 10.1 Å². The molecule has 2 aromatic carbocycles. The fourth-order valence-electron chi connectivity index (χ4n) is 3.09. The van der Waals surface area contributed by atoms with Gasteiger partial charge in [-0.1, -0.05) is 24.3 Å². The van der Waals surface area contributed by atoms with Crippen LogP contribution in [0, 0.1) is 10.7 Å². The summed E-state index contributed by atoms with van der Waals surface area (Å²) in [6.07, 6.45) is -0.420. The number of rotatable bonds is 4. The SMILES string of the molecule is O=Nc1c(C(O)c2ccc(F)c(C3OCCO3)c2)ccc2cccnc12. The highest BCUT2D eigenvalue weighted by Gasteiger charge is 2.25. The fourth-order valence-corrected chi connectivity index (χ4v) is 3.09. The number of benzene rings is 2. The van der Waals surface area contributed by atoms with Crippen molar-refractivity contribution < 1.29 is 19.0 Å². The Morgan fingerprint density at radius 3 is 2.77 bits per heavy atom. The van der Waals surface area contributed by atoms with Crippen molar-refractivity contribution in [3.8, 4) is 0 Å². The van der Waals surface area contributed by atoms with Crippen LogP contribution >= 0.6 is 0 Å². The maximum absolute atomic E-state index is 14.1. The lowest BCUT2D eigenvalue weighted by molar-refractivity contribution is -0.0465. The van der Waals surface area contributed by atoms with Gasteiger partial charge in [-0.2, -0.15) is 0 Å². The van der Waals surface area contributed by atoms with Gasteiger partial charge in [0.15, 0.2) is 6.29 Å². The molecule has 1 atom stereocenters. The number of aliphatic hydroxyl groups is 1. The van der Waals surface area contributed by atoms with E-state index in [9.17, 15) is 14.4 Å². The molecule has 4 rings (SSSR count). The molecule has 1 aromatic heterocycles. The number of nitrogens with zero attached hydrogens (tertiary/aromatic N) is 2. The first-order chi connectivity index (χ1) is 12.7. The van der Waals surface area contributed by atoms with Crippen LogP contribution in [-0.4, -0.2) is 23.3 Å². The van der Waals surface area contributed by atoms with E-state index in [-0.39, 0.29) is 11.3 Å². The van der Waals surface area contributed by atoms with Gasteiger partial charge in [0.1, 0.15) is 17.6 Å². The summed E-state index contributed by atoms with van der Waals surface area (Å²) in [5.74, 6) is -0.484. The van der Waals surface area contributed by atoms with Crippen LogP contribution in [0.2, 0.25) is 0 Å². The summed E-state index contributed by atoms with van der Waals surface area (Å²) in [6, 6.07) is 11.1. The van der Waals surface area contributed by atoms with Gasteiger partial charge < -0.3 is 14.6 Å². The predicted octanol–water partition coefficient (Wildman–Crippen LogP) is 3.90. The van der Waals surface area contributed by atoms with Crippen molar-refractivity contribution >= 4 is 16.6 Å². The molecular formula is C19H15FN2O4. The summed E-state index contributed by atoms with van der Waals surface area (Å²) in [5.41, 5.74) is 1.38. The van der Waals surface area contributed by atoms with E-state index in [4.69, 9.17) is 9.47 Å². The van der Waals surface area contributed by atoms with Gasteiger partial charge in [-0.15, -0.1) is 4.91 Å². The molecule has 26 heavy (non-hydrogen) atoms. The Morgan fingerprint density at radius 2 is 2.00 bits per heavy atom. The summed E-state index contributed by atoms with van der Waals surface area (Å²) in [6.45, 7) is 0.763. The van der Waals surface area contributed by atoms with Crippen molar-refractivity contribution in [2.75, 3.05) is 13.2 Å². The Bertz CT molecular complexity index is 973. The standard InChI is InChI=1S/C19H15FN2O4/c20-15-6-4-12(10-14(15)19-25-8-9-26-19)18(23)13-5-3-11-2-1-7-21-16(11)17(13)22-24/h1-7,10,18-19,23H,8-9H2. The number of nitroso groups, excluding NO2 is 1. The summed E-state index contributed by atoms with van der Waals surface area (Å²) >= 11 is 0. The van der Waals surface area contributed by atoms with Gasteiger partial charge in [-0.25, -0.2) is 4.39 Å². The molecule has 7 heteroatoms. The summed E-state index contributed by atoms with van der Waals surface area (Å²) < 4.78 is 24.8. The number of aromatic nitrogens is 1. The average Bonchev–Trinajstić information content (AvgIpc) is 3.21. The van der Waals surface area contributed by atoms with E-state index in [0.717, 1.165) is 5.39 Å². The Balaban J connectivity index is 1.78. The van der Waals surface area contributed by atoms with Gasteiger partial charge in [-0.3, -0.25) is 4.98 Å². The third-order valence-electron chi connectivity index (χ3n) is 4.38. The van der Waals surface area contributed by atoms with Gasteiger partial charge in [0.25, 0.3) is 0 Å². The molecule has 0 saturated carbocycles. The van der Waals surface area contributed by atoms with Gasteiger partial charge in [0.05, 0.1) is 18.7 Å². The van der Waals surface area contributed by atoms with E-state index in [1.165, 1.54) is 18.2 Å². The first kappa shape index (κ1) is 16.7. The summed E-state index contributed by atoms with van der Waals surface area (Å²) in [5, 5.41) is 14.6. The first-order valence-electron chi connectivity index (χ1n) is 8.10. The molecule has 0 bridgehead atoms. The minimum absolute atomic E-state index is 0.0647. The topological polar surface area (TPSA) is 81.0 Å². The van der Waals surface area contributed by atoms with Crippen molar-refractivity contribution in [3.05, 3.63) is 76.1 Å². The zero-order chi connectivity index (χ0) is 18.1. The molecule has 1 fully saturated rings. The minimum atomic E-state index is -1.17. The molecule has 0 aliphatic carbocycles.